The second-order valence-corrected chi connectivity index (χ2v) is 2.62. The third kappa shape index (κ3) is 3.04. The van der Waals surface area contributed by atoms with Crippen LogP contribution in [-0.2, 0) is 0 Å². The van der Waals surface area contributed by atoms with Gasteiger partial charge in [0, 0.05) is 0 Å². The third-order valence-electron chi connectivity index (χ3n) is 1.49. The number of para-hydroxylation sites is 1. The van der Waals surface area contributed by atoms with Gasteiger partial charge in [-0.2, -0.15) is 0 Å². The molecule has 0 atom stereocenters. The van der Waals surface area contributed by atoms with Crippen molar-refractivity contribution in [3.05, 3.63) is 30.3 Å². The normalized spacial score (nSPS) is 10.9. The number of rotatable bonds is 2. The summed E-state index contributed by atoms with van der Waals surface area (Å²) >= 11 is 0. The summed E-state index contributed by atoms with van der Waals surface area (Å²) in [5, 5.41) is -0.595. The van der Waals surface area contributed by atoms with E-state index in [0.717, 1.165) is 0 Å². The highest BCUT2D eigenvalue weighted by molar-refractivity contribution is 5.74. The van der Waals surface area contributed by atoms with E-state index in [1.54, 1.807) is 6.07 Å². The molecule has 0 aliphatic carbocycles. The Morgan fingerprint density at radius 1 is 1.27 bits per heavy atom. The van der Waals surface area contributed by atoms with Crippen molar-refractivity contribution in [1.29, 1.82) is 0 Å². The van der Waals surface area contributed by atoms with Crippen LogP contribution >= 0.6 is 0 Å². The van der Waals surface area contributed by atoms with E-state index in [9.17, 15) is 18.0 Å². The predicted molar refractivity (Wildman–Crippen MR) is 47.5 cm³/mol. The first kappa shape index (κ1) is 11.2. The number of alkyl halides is 3. The molecular weight excluding hydrogens is 211 g/mol. The molecule has 1 aromatic carbocycles. The van der Waals surface area contributed by atoms with Crippen molar-refractivity contribution in [2.45, 2.75) is 6.30 Å². The second kappa shape index (κ2) is 4.07. The molecule has 0 spiro atoms. The minimum Gasteiger partial charge on any atom is -0.350 e. The molecule has 82 valence electrons. The Morgan fingerprint density at radius 2 is 1.80 bits per heavy atom. The van der Waals surface area contributed by atoms with Gasteiger partial charge in [0.05, 0.1) is 5.69 Å². The van der Waals surface area contributed by atoms with Crippen molar-refractivity contribution in [1.82, 2.24) is 5.01 Å². The summed E-state index contributed by atoms with van der Waals surface area (Å²) in [4.78, 5) is 10.5. The molecule has 0 unspecified atom stereocenters. The van der Waals surface area contributed by atoms with Crippen LogP contribution in [0.1, 0.15) is 0 Å². The highest BCUT2D eigenvalue weighted by atomic mass is 19.4. The Bertz CT molecular complexity index is 339. The van der Waals surface area contributed by atoms with Crippen LogP contribution in [0.15, 0.2) is 30.3 Å². The lowest BCUT2D eigenvalue weighted by atomic mass is 10.3. The van der Waals surface area contributed by atoms with E-state index in [4.69, 9.17) is 0 Å². The molecule has 0 bridgehead atoms. The molecule has 0 radical (unpaired) electrons. The van der Waals surface area contributed by atoms with E-state index in [0.29, 0.717) is 0 Å². The van der Waals surface area contributed by atoms with E-state index in [1.807, 2.05) is 5.43 Å². The molecule has 1 aromatic rings. The van der Waals surface area contributed by atoms with Gasteiger partial charge in [-0.05, 0) is 12.1 Å². The molecule has 3 N–H and O–H groups in total. The zero-order valence-corrected chi connectivity index (χ0v) is 7.45. The van der Waals surface area contributed by atoms with Crippen molar-refractivity contribution in [2.75, 3.05) is 5.43 Å². The number of nitrogens with two attached hydrogens (primary N) is 1. The maximum absolute atomic E-state index is 12.2. The first-order chi connectivity index (χ1) is 6.91. The lowest BCUT2D eigenvalue weighted by molar-refractivity contribution is -0.214. The summed E-state index contributed by atoms with van der Waals surface area (Å²) in [6.07, 6.45) is -4.86. The molecule has 4 nitrogen and oxygen atoms in total. The topological polar surface area (TPSA) is 58.4 Å². The monoisotopic (exact) mass is 219 g/mol. The van der Waals surface area contributed by atoms with Crippen molar-refractivity contribution in [3.63, 3.8) is 0 Å². The number of halogens is 3. The number of urea groups is 1. The van der Waals surface area contributed by atoms with E-state index < -0.39 is 17.3 Å². The van der Waals surface area contributed by atoms with Gasteiger partial charge in [-0.15, -0.1) is 18.2 Å². The van der Waals surface area contributed by atoms with Gasteiger partial charge in [0.25, 0.3) is 0 Å². The van der Waals surface area contributed by atoms with Gasteiger partial charge < -0.3 is 5.73 Å². The molecule has 1 rings (SSSR count). The van der Waals surface area contributed by atoms with Crippen molar-refractivity contribution >= 4 is 11.7 Å². The van der Waals surface area contributed by atoms with Gasteiger partial charge in [-0.3, -0.25) is 5.43 Å². The number of benzene rings is 1. The lowest BCUT2D eigenvalue weighted by Gasteiger charge is -2.23. The zero-order chi connectivity index (χ0) is 11.5. The first-order valence-electron chi connectivity index (χ1n) is 3.89. The average molecular weight is 219 g/mol. The number of hydrazine groups is 1. The van der Waals surface area contributed by atoms with Gasteiger partial charge in [0.15, 0.2) is 0 Å². The van der Waals surface area contributed by atoms with E-state index in [2.05, 4.69) is 5.73 Å². The summed E-state index contributed by atoms with van der Waals surface area (Å²) in [5.74, 6) is 0. The highest BCUT2D eigenvalue weighted by Crippen LogP contribution is 2.21. The third-order valence-corrected chi connectivity index (χ3v) is 1.49. The SMILES string of the molecule is NC(=O)N(Nc1ccccc1)C(F)(F)F. The standard InChI is InChI=1S/C8H8F3N3O/c9-8(10,11)14(7(12)15)13-6-4-2-1-3-5-6/h1-5,13H,(H2,12,15). The molecule has 0 fully saturated rings. The van der Waals surface area contributed by atoms with Crippen LogP contribution in [0.4, 0.5) is 23.7 Å². The van der Waals surface area contributed by atoms with Gasteiger partial charge >= 0.3 is 12.3 Å². The maximum atomic E-state index is 12.2. The average Bonchev–Trinajstić information content (AvgIpc) is 2.13. The van der Waals surface area contributed by atoms with Crippen molar-refractivity contribution in [2.24, 2.45) is 5.73 Å². The minimum absolute atomic E-state index is 0.119. The molecule has 0 aromatic heterocycles. The Hall–Kier alpha value is -1.92. The number of hydrogen-bond acceptors (Lipinski definition) is 2. The predicted octanol–water partition coefficient (Wildman–Crippen LogP) is 1.91. The quantitative estimate of drug-likeness (QED) is 0.589. The molecular formula is C8H8F3N3O. The summed E-state index contributed by atoms with van der Waals surface area (Å²) in [5.41, 5.74) is 6.55. The van der Waals surface area contributed by atoms with Gasteiger partial charge in [-0.25, -0.2) is 4.79 Å². The minimum atomic E-state index is -4.86. The Kier molecular flexibility index (Phi) is 3.03. The maximum Gasteiger partial charge on any atom is 0.507 e. The number of nitrogens with zero attached hydrogens (tertiary/aromatic N) is 1. The molecule has 0 heterocycles. The number of amides is 2. The van der Waals surface area contributed by atoms with Gasteiger partial charge in [-0.1, -0.05) is 18.2 Å². The summed E-state index contributed by atoms with van der Waals surface area (Å²) < 4.78 is 36.7. The lowest BCUT2D eigenvalue weighted by Crippen LogP contribution is -2.49. The molecule has 0 aliphatic heterocycles. The van der Waals surface area contributed by atoms with Crippen molar-refractivity contribution < 1.29 is 18.0 Å². The molecule has 7 heteroatoms. The first-order valence-corrected chi connectivity index (χ1v) is 3.89. The Morgan fingerprint density at radius 3 is 2.20 bits per heavy atom. The summed E-state index contributed by atoms with van der Waals surface area (Å²) in [6.45, 7) is 0. The zero-order valence-electron chi connectivity index (χ0n) is 7.45. The highest BCUT2D eigenvalue weighted by Gasteiger charge is 2.40. The largest absolute Gasteiger partial charge is 0.507 e. The fourth-order valence-corrected chi connectivity index (χ4v) is 0.885. The van der Waals surface area contributed by atoms with Crippen LogP contribution in [0, 0.1) is 0 Å². The number of hydrogen-bond donors (Lipinski definition) is 2. The number of anilines is 1. The van der Waals surface area contributed by atoms with Crippen molar-refractivity contribution in [3.8, 4) is 0 Å². The molecule has 0 saturated carbocycles. The molecule has 2 amide bonds. The van der Waals surface area contributed by atoms with Crippen LogP contribution in [0.2, 0.25) is 0 Å². The number of carbonyl (C=O) groups is 1. The smallest absolute Gasteiger partial charge is 0.350 e. The van der Waals surface area contributed by atoms with E-state index in [1.165, 1.54) is 24.3 Å². The van der Waals surface area contributed by atoms with E-state index >= 15 is 0 Å². The Labute approximate surface area is 83.4 Å². The Balaban J connectivity index is 2.82. The second-order valence-electron chi connectivity index (χ2n) is 2.62. The number of nitrogens with one attached hydrogen (secondary N) is 1. The van der Waals surface area contributed by atoms with Gasteiger partial charge in [0.1, 0.15) is 0 Å². The summed E-state index contributed by atoms with van der Waals surface area (Å²) in [6, 6.07) is 5.82. The van der Waals surface area contributed by atoms with Crippen LogP contribution in [0.25, 0.3) is 0 Å². The molecule has 15 heavy (non-hydrogen) atoms. The van der Waals surface area contributed by atoms with Crippen LogP contribution in [0.3, 0.4) is 0 Å². The van der Waals surface area contributed by atoms with Crippen LogP contribution < -0.4 is 11.2 Å². The van der Waals surface area contributed by atoms with Crippen LogP contribution in [0.5, 0.6) is 0 Å². The van der Waals surface area contributed by atoms with E-state index in [-0.39, 0.29) is 5.69 Å². The molecule has 0 aliphatic rings. The van der Waals surface area contributed by atoms with Crippen LogP contribution in [-0.4, -0.2) is 17.3 Å². The number of carbonyl (C=O) groups excluding carboxylic acids is 1. The molecule has 0 saturated heterocycles. The summed E-state index contributed by atoms with van der Waals surface area (Å²) in [7, 11) is 0. The fourth-order valence-electron chi connectivity index (χ4n) is 0.885. The fraction of sp³-hybridized carbons (Fsp3) is 0.125. The van der Waals surface area contributed by atoms with Gasteiger partial charge in [0.2, 0.25) is 0 Å². The number of primary amides is 1.